The number of carbonyl (C=O) groups excluding carboxylic acids is 1. The molecule has 0 aliphatic carbocycles. The predicted molar refractivity (Wildman–Crippen MR) is 77.7 cm³/mol. The summed E-state index contributed by atoms with van der Waals surface area (Å²) in [4.78, 5) is 11.9. The van der Waals surface area contributed by atoms with E-state index in [1.54, 1.807) is 12.5 Å². The van der Waals surface area contributed by atoms with E-state index in [1.807, 2.05) is 25.3 Å². The lowest BCUT2D eigenvalue weighted by molar-refractivity contribution is -0.113. The van der Waals surface area contributed by atoms with Gasteiger partial charge in [-0.25, -0.2) is 0 Å². The summed E-state index contributed by atoms with van der Waals surface area (Å²) in [6.07, 6.45) is 4.22. The number of aryl methyl sites for hydroxylation is 1. The van der Waals surface area contributed by atoms with E-state index in [2.05, 4.69) is 25.7 Å². The van der Waals surface area contributed by atoms with Gasteiger partial charge in [0.05, 0.1) is 11.9 Å². The maximum Gasteiger partial charge on any atom is 0.235 e. The highest BCUT2D eigenvalue weighted by atomic mass is 32.2. The first-order valence-corrected chi connectivity index (χ1v) is 7.44. The van der Waals surface area contributed by atoms with Crippen LogP contribution in [0.4, 0.5) is 5.82 Å². The largest absolute Gasteiger partial charge is 0.310 e. The molecule has 0 spiro atoms. The Morgan fingerprint density at radius 3 is 3.05 bits per heavy atom. The smallest absolute Gasteiger partial charge is 0.235 e. The van der Waals surface area contributed by atoms with Crippen molar-refractivity contribution in [2.45, 2.75) is 38.4 Å². The Hall–Kier alpha value is -1.83. The molecule has 8 heteroatoms. The molecule has 0 unspecified atom stereocenters. The molecule has 2 N–H and O–H groups in total. The molecule has 20 heavy (non-hydrogen) atoms. The van der Waals surface area contributed by atoms with Gasteiger partial charge in [0.1, 0.15) is 12.1 Å². The molecular weight excluding hydrogens is 276 g/mol. The monoisotopic (exact) mass is 294 g/mol. The number of amides is 1. The van der Waals surface area contributed by atoms with Crippen LogP contribution in [0, 0.1) is 0 Å². The maximum atomic E-state index is 11.9. The molecule has 0 atom stereocenters. The van der Waals surface area contributed by atoms with Crippen LogP contribution in [0.1, 0.15) is 32.4 Å². The van der Waals surface area contributed by atoms with Gasteiger partial charge in [-0.05, 0) is 20.3 Å². The van der Waals surface area contributed by atoms with E-state index in [9.17, 15) is 4.79 Å². The summed E-state index contributed by atoms with van der Waals surface area (Å²) in [7, 11) is 0. The number of H-pyrrole nitrogens is 1. The minimum atomic E-state index is -0.0905. The normalized spacial score (nSPS) is 11.0. The van der Waals surface area contributed by atoms with E-state index in [0.717, 1.165) is 17.1 Å². The molecule has 0 saturated carbocycles. The molecule has 2 heterocycles. The highest BCUT2D eigenvalue weighted by Crippen LogP contribution is 2.19. The van der Waals surface area contributed by atoms with Crippen molar-refractivity contribution in [2.24, 2.45) is 0 Å². The van der Waals surface area contributed by atoms with Gasteiger partial charge in [-0.3, -0.25) is 9.89 Å². The van der Waals surface area contributed by atoms with Gasteiger partial charge < -0.3 is 9.88 Å². The third-order valence-electron chi connectivity index (χ3n) is 2.79. The quantitative estimate of drug-likeness (QED) is 0.794. The zero-order valence-electron chi connectivity index (χ0n) is 11.8. The summed E-state index contributed by atoms with van der Waals surface area (Å²) in [6, 6.07) is 0.273. The van der Waals surface area contributed by atoms with Crippen LogP contribution in [0.15, 0.2) is 17.7 Å². The highest BCUT2D eigenvalue weighted by molar-refractivity contribution is 7.99. The van der Waals surface area contributed by atoms with Crippen molar-refractivity contribution in [3.8, 4) is 0 Å². The van der Waals surface area contributed by atoms with Crippen LogP contribution in [0.3, 0.4) is 0 Å². The third kappa shape index (κ3) is 3.38. The van der Waals surface area contributed by atoms with E-state index in [-0.39, 0.29) is 17.7 Å². The molecule has 0 bridgehead atoms. The molecule has 0 aliphatic rings. The van der Waals surface area contributed by atoms with Gasteiger partial charge in [-0.1, -0.05) is 18.7 Å². The van der Waals surface area contributed by atoms with Crippen LogP contribution in [-0.2, 0) is 11.2 Å². The van der Waals surface area contributed by atoms with Crippen LogP contribution < -0.4 is 5.32 Å². The Bertz CT molecular complexity index is 576. The first kappa shape index (κ1) is 14.6. The summed E-state index contributed by atoms with van der Waals surface area (Å²) in [5.74, 6) is 0.865. The van der Waals surface area contributed by atoms with Crippen molar-refractivity contribution < 1.29 is 4.79 Å². The van der Waals surface area contributed by atoms with Crippen LogP contribution in [0.25, 0.3) is 0 Å². The topological polar surface area (TPSA) is 88.5 Å². The molecule has 108 valence electrons. The molecule has 1 amide bonds. The lowest BCUT2D eigenvalue weighted by Crippen LogP contribution is -2.16. The number of carbonyl (C=O) groups is 1. The molecule has 7 nitrogen and oxygen atoms in total. The van der Waals surface area contributed by atoms with Crippen LogP contribution >= 0.6 is 11.8 Å². The first-order chi connectivity index (χ1) is 9.61. The van der Waals surface area contributed by atoms with Crippen molar-refractivity contribution in [1.82, 2.24) is 25.0 Å². The van der Waals surface area contributed by atoms with E-state index in [1.165, 1.54) is 11.8 Å². The minimum Gasteiger partial charge on any atom is -0.310 e. The third-order valence-corrected chi connectivity index (χ3v) is 3.75. The average Bonchev–Trinajstić information content (AvgIpc) is 3.04. The molecule has 0 aromatic carbocycles. The molecule has 0 fully saturated rings. The average molecular weight is 294 g/mol. The lowest BCUT2D eigenvalue weighted by Gasteiger charge is -2.09. The van der Waals surface area contributed by atoms with Crippen molar-refractivity contribution in [1.29, 1.82) is 0 Å². The second kappa shape index (κ2) is 6.56. The Morgan fingerprint density at radius 2 is 2.35 bits per heavy atom. The molecule has 2 rings (SSSR count). The minimum absolute atomic E-state index is 0.0905. The Morgan fingerprint density at radius 1 is 1.55 bits per heavy atom. The second-order valence-electron chi connectivity index (χ2n) is 4.58. The zero-order chi connectivity index (χ0) is 14.5. The van der Waals surface area contributed by atoms with Gasteiger partial charge in [-0.15, -0.1) is 10.2 Å². The number of hydrogen-bond donors (Lipinski definition) is 2. The fraction of sp³-hybridized carbons (Fsp3) is 0.500. The summed E-state index contributed by atoms with van der Waals surface area (Å²) in [6.45, 7) is 6.11. The van der Waals surface area contributed by atoms with Gasteiger partial charge in [0.2, 0.25) is 5.91 Å². The number of nitrogens with one attached hydrogen (secondary N) is 2. The van der Waals surface area contributed by atoms with Crippen LogP contribution in [0.5, 0.6) is 0 Å². The van der Waals surface area contributed by atoms with E-state index in [4.69, 9.17) is 0 Å². The highest BCUT2D eigenvalue weighted by Gasteiger charge is 2.12. The number of aromatic nitrogens is 5. The number of thioether (sulfide) groups is 1. The number of anilines is 1. The van der Waals surface area contributed by atoms with Crippen molar-refractivity contribution in [2.75, 3.05) is 11.1 Å². The molecule has 0 saturated heterocycles. The van der Waals surface area contributed by atoms with Gasteiger partial charge in [0, 0.05) is 11.6 Å². The summed E-state index contributed by atoms with van der Waals surface area (Å²) >= 11 is 1.37. The first-order valence-electron chi connectivity index (χ1n) is 6.46. The summed E-state index contributed by atoms with van der Waals surface area (Å²) in [5.41, 5.74) is 0.994. The fourth-order valence-electron chi connectivity index (χ4n) is 1.68. The van der Waals surface area contributed by atoms with E-state index >= 15 is 0 Å². The van der Waals surface area contributed by atoms with Gasteiger partial charge >= 0.3 is 0 Å². The summed E-state index contributed by atoms with van der Waals surface area (Å²) in [5, 5.41) is 18.2. The molecule has 0 aliphatic heterocycles. The Kier molecular flexibility index (Phi) is 4.78. The standard InChI is InChI=1S/C12H18N6OS/c1-4-9-5-13-16-11(9)15-10(19)6-20-12-17-14-7-18(12)8(2)3/h5,7-8H,4,6H2,1-3H3,(H2,13,15,16,19). The fourth-order valence-corrected chi connectivity index (χ4v) is 2.53. The predicted octanol–water partition coefficient (Wildman–Crippen LogP) is 1.88. The maximum absolute atomic E-state index is 11.9. The van der Waals surface area contributed by atoms with Crippen LogP contribution in [0.2, 0.25) is 0 Å². The number of hydrogen-bond acceptors (Lipinski definition) is 5. The van der Waals surface area contributed by atoms with Gasteiger partial charge in [0.25, 0.3) is 0 Å². The summed E-state index contributed by atoms with van der Waals surface area (Å²) < 4.78 is 1.94. The number of aromatic amines is 1. The van der Waals surface area contributed by atoms with Crippen molar-refractivity contribution in [3.05, 3.63) is 18.1 Å². The number of nitrogens with zero attached hydrogens (tertiary/aromatic N) is 4. The molecule has 2 aromatic rings. The molecule has 2 aromatic heterocycles. The second-order valence-corrected chi connectivity index (χ2v) is 5.52. The Labute approximate surface area is 121 Å². The van der Waals surface area contributed by atoms with Crippen molar-refractivity contribution in [3.63, 3.8) is 0 Å². The van der Waals surface area contributed by atoms with E-state index in [0.29, 0.717) is 5.82 Å². The van der Waals surface area contributed by atoms with Crippen LogP contribution in [-0.4, -0.2) is 36.6 Å². The van der Waals surface area contributed by atoms with Gasteiger partial charge in [0.15, 0.2) is 5.16 Å². The van der Waals surface area contributed by atoms with E-state index < -0.39 is 0 Å². The van der Waals surface area contributed by atoms with Crippen molar-refractivity contribution >= 4 is 23.5 Å². The zero-order valence-corrected chi connectivity index (χ0v) is 12.6. The molecule has 0 radical (unpaired) electrons. The van der Waals surface area contributed by atoms with Gasteiger partial charge in [-0.2, -0.15) is 5.10 Å². The SMILES string of the molecule is CCc1cn[nH]c1NC(=O)CSc1nncn1C(C)C. The lowest BCUT2D eigenvalue weighted by atomic mass is 10.2. The molecular formula is C12H18N6OS. The Balaban J connectivity index is 1.91. The number of rotatable bonds is 6.